The van der Waals surface area contributed by atoms with Crippen LogP contribution >= 0.6 is 31.8 Å². The van der Waals surface area contributed by atoms with Gasteiger partial charge >= 0.3 is 15.6 Å². The first-order valence-electron chi connectivity index (χ1n) is 7.32. The van der Waals surface area contributed by atoms with Gasteiger partial charge in [-0.05, 0) is 0 Å². The van der Waals surface area contributed by atoms with E-state index in [2.05, 4.69) is 44.3 Å². The highest BCUT2D eigenvalue weighted by Crippen LogP contribution is 2.57. The third-order valence-corrected chi connectivity index (χ3v) is 6.20. The highest BCUT2D eigenvalue weighted by atomic mass is 79.9. The summed E-state index contributed by atoms with van der Waals surface area (Å²) in [7, 11) is -10.4. The number of nitrogens with zero attached hydrogens (tertiary/aromatic N) is 4. The van der Waals surface area contributed by atoms with Gasteiger partial charge < -0.3 is 34.0 Å². The second-order valence-electron chi connectivity index (χ2n) is 5.52. The number of phosphoric acid groups is 2. The van der Waals surface area contributed by atoms with Crippen molar-refractivity contribution in [2.24, 2.45) is 0 Å². The van der Waals surface area contributed by atoms with Crippen LogP contribution in [0.15, 0.2) is 12.7 Å². The molecule has 0 saturated carbocycles. The van der Waals surface area contributed by atoms with E-state index in [1.807, 2.05) is 0 Å². The monoisotopic (exact) mass is 505 g/mol. The molecule has 18 heteroatoms. The molecular weight excluding hydrogens is 492 g/mol. The molecule has 1 saturated heterocycles. The quantitative estimate of drug-likeness (QED) is 0.204. The molecular formula is C10H14BrN5O10P2. The van der Waals surface area contributed by atoms with Crippen LogP contribution in [-0.2, 0) is 22.7 Å². The Morgan fingerprint density at radius 2 is 1.93 bits per heavy atom. The topological polar surface area (TPSA) is 219 Å². The molecule has 2 aromatic heterocycles. The second kappa shape index (κ2) is 8.01. The van der Waals surface area contributed by atoms with Gasteiger partial charge in [0.2, 0.25) is 0 Å². The summed E-state index contributed by atoms with van der Waals surface area (Å²) < 4.78 is 39.6. The minimum absolute atomic E-state index is 0.257. The molecule has 1 unspecified atom stereocenters. The van der Waals surface area contributed by atoms with Crippen LogP contribution in [0.1, 0.15) is 6.23 Å². The number of rotatable bonds is 7. The van der Waals surface area contributed by atoms with Crippen molar-refractivity contribution in [1.82, 2.24) is 19.5 Å². The number of hydrogen-bond donors (Lipinski definition) is 6. The molecule has 2 aromatic rings. The fourth-order valence-electron chi connectivity index (χ4n) is 2.53. The zero-order chi connectivity index (χ0) is 20.7. The van der Waals surface area contributed by atoms with Gasteiger partial charge in [0.15, 0.2) is 23.2 Å². The summed E-state index contributed by atoms with van der Waals surface area (Å²) in [5.41, 5.74) is 0.590. The van der Waals surface area contributed by atoms with E-state index >= 15 is 0 Å². The number of fused-ring (bicyclic) bond motifs is 1. The number of imidazole rings is 1. The van der Waals surface area contributed by atoms with Gasteiger partial charge in [-0.1, -0.05) is 0 Å². The van der Waals surface area contributed by atoms with Crippen LogP contribution in [-0.4, -0.2) is 69.3 Å². The van der Waals surface area contributed by atoms with Gasteiger partial charge in [-0.25, -0.2) is 24.1 Å². The predicted molar refractivity (Wildman–Crippen MR) is 92.7 cm³/mol. The van der Waals surface area contributed by atoms with Crippen LogP contribution in [0.3, 0.4) is 0 Å². The lowest BCUT2D eigenvalue weighted by atomic mass is 10.1. The van der Waals surface area contributed by atoms with E-state index in [0.717, 1.165) is 0 Å². The Kier molecular flexibility index (Phi) is 6.20. The largest absolute Gasteiger partial charge is 0.481 e. The molecule has 0 aliphatic carbocycles. The lowest BCUT2D eigenvalue weighted by molar-refractivity contribution is -0.0503. The maximum atomic E-state index is 11.5. The van der Waals surface area contributed by atoms with Crippen molar-refractivity contribution in [3.63, 3.8) is 0 Å². The zero-order valence-corrected chi connectivity index (χ0v) is 16.9. The fourth-order valence-corrected chi connectivity index (χ4v) is 4.42. The van der Waals surface area contributed by atoms with E-state index in [1.165, 1.54) is 17.2 Å². The zero-order valence-electron chi connectivity index (χ0n) is 13.5. The molecule has 0 aromatic carbocycles. The molecule has 3 rings (SSSR count). The molecule has 0 bridgehead atoms. The van der Waals surface area contributed by atoms with Crippen molar-refractivity contribution >= 4 is 48.8 Å². The van der Waals surface area contributed by atoms with E-state index in [9.17, 15) is 24.2 Å². The van der Waals surface area contributed by atoms with Crippen molar-refractivity contribution in [3.05, 3.63) is 12.7 Å². The van der Waals surface area contributed by atoms with E-state index < -0.39 is 46.8 Å². The summed E-state index contributed by atoms with van der Waals surface area (Å²) in [6, 6.07) is 0. The molecule has 1 fully saturated rings. The highest BCUT2D eigenvalue weighted by Gasteiger charge is 2.46. The molecule has 1 aliphatic rings. The Morgan fingerprint density at radius 1 is 1.21 bits per heavy atom. The van der Waals surface area contributed by atoms with Crippen LogP contribution < -0.4 is 4.34 Å². The van der Waals surface area contributed by atoms with Crippen LogP contribution in [0.2, 0.25) is 0 Å². The van der Waals surface area contributed by atoms with Gasteiger partial charge in [0.25, 0.3) is 0 Å². The summed E-state index contributed by atoms with van der Waals surface area (Å²) in [5, 5.41) is 20.4. The fraction of sp³-hybridized carbons (Fsp3) is 0.500. The van der Waals surface area contributed by atoms with Crippen LogP contribution in [0.5, 0.6) is 0 Å². The van der Waals surface area contributed by atoms with Crippen LogP contribution in [0.25, 0.3) is 11.2 Å². The number of anilines is 1. The smallest absolute Gasteiger partial charge is 0.387 e. The highest BCUT2D eigenvalue weighted by molar-refractivity contribution is 9.10. The summed E-state index contributed by atoms with van der Waals surface area (Å²) in [4.78, 5) is 38.5. The lowest BCUT2D eigenvalue weighted by Gasteiger charge is -2.17. The van der Waals surface area contributed by atoms with E-state index in [4.69, 9.17) is 14.5 Å². The predicted octanol–water partition coefficient (Wildman–Crippen LogP) is -0.606. The molecule has 3 heterocycles. The van der Waals surface area contributed by atoms with Crippen molar-refractivity contribution in [1.29, 1.82) is 0 Å². The summed E-state index contributed by atoms with van der Waals surface area (Å²) in [6.07, 6.45) is -3.06. The van der Waals surface area contributed by atoms with Gasteiger partial charge in [-0.3, -0.25) is 9.09 Å². The SMILES string of the molecule is O=P(O)(O)OP(=O)(O)OC[C@H]1O[C@@H](n2cnc3c(NBr)ncnc32)[C@H](O)[C@@H]1O. The van der Waals surface area contributed by atoms with Crippen molar-refractivity contribution < 1.29 is 47.6 Å². The minimum atomic E-state index is -5.29. The maximum Gasteiger partial charge on any atom is 0.481 e. The molecule has 15 nitrogen and oxygen atoms in total. The first-order valence-corrected chi connectivity index (χ1v) is 11.1. The van der Waals surface area contributed by atoms with Gasteiger partial charge in [0, 0.05) is 16.1 Å². The van der Waals surface area contributed by atoms with Gasteiger partial charge in [0.05, 0.1) is 12.9 Å². The lowest BCUT2D eigenvalue weighted by Crippen LogP contribution is -2.33. The normalized spacial score (nSPS) is 27.8. The van der Waals surface area contributed by atoms with E-state index in [0.29, 0.717) is 11.3 Å². The van der Waals surface area contributed by atoms with Crippen molar-refractivity contribution in [2.75, 3.05) is 10.9 Å². The first kappa shape index (κ1) is 21.7. The number of nitrogens with one attached hydrogen (secondary N) is 1. The number of phosphoric ester groups is 1. The molecule has 0 radical (unpaired) electrons. The van der Waals surface area contributed by atoms with Gasteiger partial charge in [-0.2, -0.15) is 4.31 Å². The molecule has 28 heavy (non-hydrogen) atoms. The number of aliphatic hydroxyl groups is 2. The molecule has 6 N–H and O–H groups in total. The van der Waals surface area contributed by atoms with Crippen molar-refractivity contribution in [2.45, 2.75) is 24.5 Å². The maximum absolute atomic E-state index is 11.5. The average molecular weight is 506 g/mol. The average Bonchev–Trinajstić information content (AvgIpc) is 3.13. The summed E-state index contributed by atoms with van der Waals surface area (Å²) in [5.74, 6) is 0.340. The summed E-state index contributed by atoms with van der Waals surface area (Å²) >= 11 is 3.02. The van der Waals surface area contributed by atoms with Gasteiger partial charge in [0.1, 0.15) is 24.6 Å². The molecule has 156 valence electrons. The van der Waals surface area contributed by atoms with Crippen LogP contribution in [0, 0.1) is 0 Å². The molecule has 5 atom stereocenters. The Balaban J connectivity index is 1.76. The van der Waals surface area contributed by atoms with E-state index in [1.54, 1.807) is 0 Å². The van der Waals surface area contributed by atoms with E-state index in [-0.39, 0.29) is 5.65 Å². The van der Waals surface area contributed by atoms with Crippen molar-refractivity contribution in [3.8, 4) is 0 Å². The van der Waals surface area contributed by atoms with Gasteiger partial charge in [-0.15, -0.1) is 0 Å². The number of aliphatic hydroxyl groups excluding tert-OH is 2. The Labute approximate surface area is 164 Å². The number of aromatic nitrogens is 4. The Bertz CT molecular complexity index is 954. The Morgan fingerprint density at radius 3 is 2.57 bits per heavy atom. The first-order chi connectivity index (χ1) is 13.0. The number of halogens is 1. The second-order valence-corrected chi connectivity index (χ2v) is 8.75. The molecule has 0 amide bonds. The minimum Gasteiger partial charge on any atom is -0.387 e. The third-order valence-electron chi connectivity index (χ3n) is 3.67. The molecule has 1 aliphatic heterocycles. The Hall–Kier alpha value is -1.03. The number of hydrogen-bond acceptors (Lipinski definition) is 11. The number of ether oxygens (including phenoxy) is 1. The standard InChI is InChI=1S/C10H14BrN5O10P2/c11-15-8-5-9(13-2-12-8)16(3-14-5)10-7(18)6(17)4(25-10)1-24-28(22,23)26-27(19,20)21/h2-4,6-7,10,17-18H,1H2,(H,22,23)(H,12,13,15)(H2,19,20,21)/t4-,6-,7-,10-/m1/s1. The third kappa shape index (κ3) is 4.58. The van der Waals surface area contributed by atoms with Crippen LogP contribution in [0.4, 0.5) is 5.82 Å². The molecule has 0 spiro atoms. The summed E-state index contributed by atoms with van der Waals surface area (Å²) in [6.45, 7) is -0.807.